The number of hydrogen-bond acceptors (Lipinski definition) is 4. The zero-order chi connectivity index (χ0) is 20.0. The molecule has 0 aliphatic heterocycles. The number of nitrogens with zero attached hydrogens (tertiary/aromatic N) is 1. The van der Waals surface area contributed by atoms with Crippen LogP contribution in [0.1, 0.15) is 5.56 Å². The molecule has 1 heterocycles. The molecule has 3 aromatic rings. The third-order valence-electron chi connectivity index (χ3n) is 3.75. The van der Waals surface area contributed by atoms with Gasteiger partial charge in [-0.3, -0.25) is 9.36 Å². The third kappa shape index (κ3) is 3.81. The first-order valence-electron chi connectivity index (χ1n) is 7.36. The van der Waals surface area contributed by atoms with E-state index in [1.165, 1.54) is 23.6 Å². The molecule has 3 rings (SSSR count). The smallest absolute Gasteiger partial charge is 0.267 e. The molecule has 0 saturated heterocycles. The predicted molar refractivity (Wildman–Crippen MR) is 93.4 cm³/mol. The number of alkyl halides is 3. The summed E-state index contributed by atoms with van der Waals surface area (Å²) in [4.78, 5) is 11.1. The Morgan fingerprint density at radius 3 is 2.37 bits per heavy atom. The van der Waals surface area contributed by atoms with E-state index >= 15 is 0 Å². The molecule has 0 N–H and O–H groups in total. The Balaban J connectivity index is 2.17. The number of hydrogen-bond donors (Lipinski definition) is 0. The zero-order valence-corrected chi connectivity index (χ0v) is 15.3. The van der Waals surface area contributed by atoms with Gasteiger partial charge in [0.1, 0.15) is 10.7 Å². The second kappa shape index (κ2) is 6.61. The van der Waals surface area contributed by atoms with Crippen molar-refractivity contribution in [1.82, 2.24) is 4.57 Å². The summed E-state index contributed by atoms with van der Waals surface area (Å²) in [6, 6.07) is 7.47. The van der Waals surface area contributed by atoms with Gasteiger partial charge in [-0.1, -0.05) is 23.5 Å². The largest absolute Gasteiger partial charge is 0.416 e. The van der Waals surface area contributed by atoms with Gasteiger partial charge < -0.3 is 0 Å². The van der Waals surface area contributed by atoms with Crippen LogP contribution in [0.25, 0.3) is 16.9 Å². The number of rotatable bonds is 3. The van der Waals surface area contributed by atoms with E-state index in [2.05, 4.69) is 0 Å². The van der Waals surface area contributed by atoms with E-state index < -0.39 is 37.2 Å². The molecule has 0 fully saturated rings. The highest BCUT2D eigenvalue weighted by Gasteiger charge is 2.30. The van der Waals surface area contributed by atoms with Crippen LogP contribution in [-0.4, -0.2) is 19.2 Å². The summed E-state index contributed by atoms with van der Waals surface area (Å²) < 4.78 is 77.1. The van der Waals surface area contributed by atoms with E-state index in [1.54, 1.807) is 0 Å². The van der Waals surface area contributed by atoms with Gasteiger partial charge in [-0.15, -0.1) is 0 Å². The molecule has 0 bridgehead atoms. The molecular weight excluding hydrogens is 406 g/mol. The van der Waals surface area contributed by atoms with E-state index in [9.17, 15) is 30.8 Å². The summed E-state index contributed by atoms with van der Waals surface area (Å²) in [6.45, 7) is 0. The molecule has 0 aliphatic carbocycles. The van der Waals surface area contributed by atoms with Gasteiger partial charge in [0, 0.05) is 17.2 Å². The molecule has 0 spiro atoms. The van der Waals surface area contributed by atoms with E-state index in [1.807, 2.05) is 0 Å². The van der Waals surface area contributed by atoms with Gasteiger partial charge in [0.05, 0.1) is 16.9 Å². The molecule has 2 aromatic carbocycles. The number of thiazole rings is 1. The lowest BCUT2D eigenvalue weighted by Crippen LogP contribution is -2.13. The van der Waals surface area contributed by atoms with E-state index in [0.29, 0.717) is 0 Å². The van der Waals surface area contributed by atoms with Gasteiger partial charge in [-0.25, -0.2) is 12.8 Å². The summed E-state index contributed by atoms with van der Waals surface area (Å²) in [5.74, 6) is -1.01. The van der Waals surface area contributed by atoms with Crippen molar-refractivity contribution < 1.29 is 26.0 Å². The van der Waals surface area contributed by atoms with Crippen LogP contribution >= 0.6 is 11.3 Å². The Kier molecular flexibility index (Phi) is 4.73. The zero-order valence-electron chi connectivity index (χ0n) is 13.6. The molecule has 0 atom stereocenters. The quantitative estimate of drug-likeness (QED) is 0.603. The topological polar surface area (TPSA) is 56.1 Å². The van der Waals surface area contributed by atoms with E-state index in [-0.39, 0.29) is 16.9 Å². The highest BCUT2D eigenvalue weighted by Crippen LogP contribution is 2.32. The number of aromatic nitrogens is 1. The van der Waals surface area contributed by atoms with Gasteiger partial charge >= 0.3 is 11.0 Å². The Morgan fingerprint density at radius 2 is 1.78 bits per heavy atom. The van der Waals surface area contributed by atoms with Gasteiger partial charge in [0.25, 0.3) is 0 Å². The number of sulfone groups is 1. The van der Waals surface area contributed by atoms with Crippen LogP contribution in [0.5, 0.6) is 0 Å². The fourth-order valence-electron chi connectivity index (χ4n) is 2.53. The summed E-state index contributed by atoms with van der Waals surface area (Å²) in [6.07, 6.45) is -3.73. The monoisotopic (exact) mass is 417 g/mol. The molecule has 27 heavy (non-hydrogen) atoms. The molecular formula is C17H11F4NO3S2. The summed E-state index contributed by atoms with van der Waals surface area (Å²) in [5, 5.41) is 1.37. The molecule has 0 unspecified atom stereocenters. The fourth-order valence-corrected chi connectivity index (χ4v) is 4.03. The average Bonchev–Trinajstić information content (AvgIpc) is 2.94. The van der Waals surface area contributed by atoms with Crippen molar-refractivity contribution in [3.8, 4) is 16.9 Å². The molecule has 4 nitrogen and oxygen atoms in total. The first-order valence-corrected chi connectivity index (χ1v) is 10.1. The van der Waals surface area contributed by atoms with Gasteiger partial charge in [0.15, 0.2) is 9.84 Å². The van der Waals surface area contributed by atoms with Crippen molar-refractivity contribution in [3.05, 3.63) is 68.9 Å². The SMILES string of the molecule is CS(=O)(=O)c1ccc(-c2csc(=O)n2-c2cccc(C(F)(F)F)c2)cc1F. The predicted octanol–water partition coefficient (Wildman–Crippen LogP) is 4.13. The second-order valence-electron chi connectivity index (χ2n) is 5.69. The van der Waals surface area contributed by atoms with Gasteiger partial charge in [-0.05, 0) is 30.3 Å². The highest BCUT2D eigenvalue weighted by molar-refractivity contribution is 7.90. The summed E-state index contributed by atoms with van der Waals surface area (Å²) in [5.41, 5.74) is -0.639. The Hall–Kier alpha value is -2.46. The molecule has 142 valence electrons. The highest BCUT2D eigenvalue weighted by atomic mass is 32.2. The number of halogens is 4. The lowest BCUT2D eigenvalue weighted by molar-refractivity contribution is -0.137. The van der Waals surface area contributed by atoms with Crippen LogP contribution in [-0.2, 0) is 16.0 Å². The molecule has 1 aromatic heterocycles. The van der Waals surface area contributed by atoms with Crippen molar-refractivity contribution in [2.45, 2.75) is 11.1 Å². The maximum absolute atomic E-state index is 14.2. The normalized spacial score (nSPS) is 12.3. The van der Waals surface area contributed by atoms with Crippen LogP contribution in [0.15, 0.2) is 57.5 Å². The Bertz CT molecular complexity index is 1180. The minimum absolute atomic E-state index is 0.0290. The molecule has 0 saturated carbocycles. The minimum atomic E-state index is -4.58. The first-order chi connectivity index (χ1) is 12.5. The Morgan fingerprint density at radius 1 is 1.07 bits per heavy atom. The van der Waals surface area contributed by atoms with E-state index in [4.69, 9.17) is 0 Å². The van der Waals surface area contributed by atoms with Crippen molar-refractivity contribution in [2.75, 3.05) is 6.26 Å². The maximum Gasteiger partial charge on any atom is 0.416 e. The lowest BCUT2D eigenvalue weighted by atomic mass is 10.1. The molecule has 0 amide bonds. The standard InChI is InChI=1S/C17H11F4NO3S2/c1-27(24,25)15-6-5-10(7-13(15)18)14-9-26-16(23)22(14)12-4-2-3-11(8-12)17(19,20)21/h2-9H,1H3. The molecule has 0 aliphatic rings. The second-order valence-corrected chi connectivity index (χ2v) is 8.49. The van der Waals surface area contributed by atoms with Crippen LogP contribution in [0.2, 0.25) is 0 Å². The van der Waals surface area contributed by atoms with Crippen molar-refractivity contribution in [2.24, 2.45) is 0 Å². The number of benzene rings is 2. The van der Waals surface area contributed by atoms with Crippen LogP contribution in [0.4, 0.5) is 17.6 Å². The first kappa shape index (κ1) is 19.3. The van der Waals surface area contributed by atoms with Crippen molar-refractivity contribution in [3.63, 3.8) is 0 Å². The molecule has 0 radical (unpaired) electrons. The van der Waals surface area contributed by atoms with Crippen LogP contribution < -0.4 is 4.87 Å². The lowest BCUT2D eigenvalue weighted by Gasteiger charge is -2.12. The minimum Gasteiger partial charge on any atom is -0.267 e. The van der Waals surface area contributed by atoms with Gasteiger partial charge in [-0.2, -0.15) is 13.2 Å². The molecule has 10 heteroatoms. The van der Waals surface area contributed by atoms with Crippen molar-refractivity contribution in [1.29, 1.82) is 0 Å². The fraction of sp³-hybridized carbons (Fsp3) is 0.118. The van der Waals surface area contributed by atoms with Crippen LogP contribution in [0.3, 0.4) is 0 Å². The Labute approximate surface area is 155 Å². The van der Waals surface area contributed by atoms with Crippen molar-refractivity contribution >= 4 is 21.2 Å². The average molecular weight is 417 g/mol. The third-order valence-corrected chi connectivity index (χ3v) is 5.61. The van der Waals surface area contributed by atoms with Crippen LogP contribution in [0, 0.1) is 5.82 Å². The summed E-state index contributed by atoms with van der Waals surface area (Å²) in [7, 11) is -3.78. The van der Waals surface area contributed by atoms with Gasteiger partial charge in [0.2, 0.25) is 0 Å². The maximum atomic E-state index is 14.2. The van der Waals surface area contributed by atoms with E-state index in [0.717, 1.165) is 46.4 Å². The summed E-state index contributed by atoms with van der Waals surface area (Å²) >= 11 is 0.735.